The molecule has 7 nitrogen and oxygen atoms in total. The highest BCUT2D eigenvalue weighted by atomic mass is 16.5. The molecule has 0 radical (unpaired) electrons. The number of aromatic nitrogens is 1. The molecule has 2 aromatic rings. The summed E-state index contributed by atoms with van der Waals surface area (Å²) in [5.41, 5.74) is 1.75. The van der Waals surface area contributed by atoms with Crippen LogP contribution in [0.2, 0.25) is 0 Å². The van der Waals surface area contributed by atoms with Crippen molar-refractivity contribution >= 4 is 11.8 Å². The SMILES string of the molecule is CC(=O)N(C)C[C@H]1Oc2ncc(C#Cc3ccccc3)cc2C(=O)N([C@H](C)CO)C[C@H]1C. The van der Waals surface area contributed by atoms with Crippen LogP contribution in [0.3, 0.4) is 0 Å². The third-order valence-corrected chi connectivity index (χ3v) is 5.64. The van der Waals surface area contributed by atoms with Gasteiger partial charge in [0.2, 0.25) is 11.8 Å². The van der Waals surface area contributed by atoms with Crippen molar-refractivity contribution in [3.8, 4) is 17.7 Å². The number of hydrogen-bond acceptors (Lipinski definition) is 5. The Labute approximate surface area is 189 Å². The number of hydrogen-bond donors (Lipinski definition) is 1. The van der Waals surface area contributed by atoms with Crippen LogP contribution >= 0.6 is 0 Å². The summed E-state index contributed by atoms with van der Waals surface area (Å²) in [5.74, 6) is 5.92. The van der Waals surface area contributed by atoms with Crippen molar-refractivity contribution in [1.29, 1.82) is 0 Å². The van der Waals surface area contributed by atoms with Gasteiger partial charge in [0, 0.05) is 43.8 Å². The fourth-order valence-corrected chi connectivity index (χ4v) is 3.45. The van der Waals surface area contributed by atoms with Crippen molar-refractivity contribution in [3.05, 3.63) is 59.3 Å². The number of ether oxygens (including phenoxy) is 1. The number of aliphatic hydroxyl groups excluding tert-OH is 1. The van der Waals surface area contributed by atoms with E-state index < -0.39 is 0 Å². The van der Waals surface area contributed by atoms with Gasteiger partial charge in [-0.3, -0.25) is 9.59 Å². The molecular weight excluding hydrogens is 406 g/mol. The summed E-state index contributed by atoms with van der Waals surface area (Å²) in [6.07, 6.45) is 1.22. The first-order valence-corrected chi connectivity index (χ1v) is 10.7. The van der Waals surface area contributed by atoms with Gasteiger partial charge in [-0.15, -0.1) is 0 Å². The number of carbonyl (C=O) groups is 2. The van der Waals surface area contributed by atoms with Gasteiger partial charge in [-0.2, -0.15) is 0 Å². The van der Waals surface area contributed by atoms with E-state index in [-0.39, 0.29) is 42.4 Å². The zero-order valence-corrected chi connectivity index (χ0v) is 18.9. The molecule has 2 amide bonds. The molecule has 3 rings (SSSR count). The van der Waals surface area contributed by atoms with Crippen LogP contribution in [0.1, 0.15) is 42.3 Å². The molecule has 0 unspecified atom stereocenters. The minimum Gasteiger partial charge on any atom is -0.472 e. The maximum Gasteiger partial charge on any atom is 0.259 e. The lowest BCUT2D eigenvalue weighted by molar-refractivity contribution is -0.129. The van der Waals surface area contributed by atoms with Gasteiger partial charge in [-0.1, -0.05) is 37.0 Å². The Balaban J connectivity index is 2.00. The number of amides is 2. The molecule has 168 valence electrons. The lowest BCUT2D eigenvalue weighted by atomic mass is 10.00. The monoisotopic (exact) mass is 435 g/mol. The molecule has 1 N–H and O–H groups in total. The van der Waals surface area contributed by atoms with Gasteiger partial charge in [0.05, 0.1) is 19.2 Å². The summed E-state index contributed by atoms with van der Waals surface area (Å²) in [7, 11) is 1.72. The molecule has 0 saturated heterocycles. The highest BCUT2D eigenvalue weighted by molar-refractivity contribution is 5.97. The first kappa shape index (κ1) is 23.3. The maximum absolute atomic E-state index is 13.4. The molecule has 0 aliphatic carbocycles. The quantitative estimate of drug-likeness (QED) is 0.745. The van der Waals surface area contributed by atoms with E-state index in [1.54, 1.807) is 36.0 Å². The molecule has 2 heterocycles. The van der Waals surface area contributed by atoms with Gasteiger partial charge in [-0.25, -0.2) is 4.98 Å². The first-order valence-electron chi connectivity index (χ1n) is 10.7. The molecule has 1 aliphatic rings. The van der Waals surface area contributed by atoms with Gasteiger partial charge < -0.3 is 19.6 Å². The highest BCUT2D eigenvalue weighted by Crippen LogP contribution is 2.27. The summed E-state index contributed by atoms with van der Waals surface area (Å²) in [6, 6.07) is 10.9. The Hall–Kier alpha value is -3.37. The number of rotatable bonds is 4. The number of aliphatic hydroxyl groups is 1. The molecule has 1 aromatic carbocycles. The van der Waals surface area contributed by atoms with Crippen LogP contribution < -0.4 is 4.74 Å². The molecule has 0 fully saturated rings. The fourth-order valence-electron chi connectivity index (χ4n) is 3.45. The topological polar surface area (TPSA) is 83.0 Å². The summed E-state index contributed by atoms with van der Waals surface area (Å²) in [5, 5.41) is 9.73. The predicted molar refractivity (Wildman–Crippen MR) is 121 cm³/mol. The lowest BCUT2D eigenvalue weighted by Crippen LogP contribution is -2.50. The van der Waals surface area contributed by atoms with Crippen molar-refractivity contribution in [3.63, 3.8) is 0 Å². The normalized spacial score (nSPS) is 18.9. The van der Waals surface area contributed by atoms with Crippen LogP contribution in [-0.4, -0.2) is 70.6 Å². The van der Waals surface area contributed by atoms with E-state index in [9.17, 15) is 14.7 Å². The number of likely N-dealkylation sites (N-methyl/N-ethyl adjacent to an activating group) is 1. The second kappa shape index (κ2) is 10.3. The van der Waals surface area contributed by atoms with E-state index >= 15 is 0 Å². The van der Waals surface area contributed by atoms with Gasteiger partial charge >= 0.3 is 0 Å². The minimum atomic E-state index is -0.374. The number of benzene rings is 1. The highest BCUT2D eigenvalue weighted by Gasteiger charge is 2.34. The molecule has 3 atom stereocenters. The average Bonchev–Trinajstić information content (AvgIpc) is 2.80. The van der Waals surface area contributed by atoms with Crippen LogP contribution in [0, 0.1) is 17.8 Å². The third-order valence-electron chi connectivity index (χ3n) is 5.64. The molecule has 0 saturated carbocycles. The Morgan fingerprint density at radius 3 is 2.66 bits per heavy atom. The number of carbonyl (C=O) groups excluding carboxylic acids is 2. The van der Waals surface area contributed by atoms with Crippen molar-refractivity contribution < 1.29 is 19.4 Å². The van der Waals surface area contributed by atoms with Crippen molar-refractivity contribution in [2.45, 2.75) is 32.9 Å². The van der Waals surface area contributed by atoms with Crippen molar-refractivity contribution in [1.82, 2.24) is 14.8 Å². The molecule has 0 bridgehead atoms. The van der Waals surface area contributed by atoms with E-state index in [4.69, 9.17) is 4.74 Å². The van der Waals surface area contributed by atoms with E-state index in [0.29, 0.717) is 24.2 Å². The van der Waals surface area contributed by atoms with Gasteiger partial charge in [0.1, 0.15) is 11.7 Å². The molecule has 32 heavy (non-hydrogen) atoms. The average molecular weight is 436 g/mol. The van der Waals surface area contributed by atoms with E-state index in [1.165, 1.54) is 6.92 Å². The Kier molecular flexibility index (Phi) is 7.49. The molecule has 1 aromatic heterocycles. The molecule has 0 spiro atoms. The second-order valence-corrected chi connectivity index (χ2v) is 8.21. The Morgan fingerprint density at radius 2 is 2.00 bits per heavy atom. The standard InChI is InChI=1S/C25H29N3O4/c1-17-14-28(18(2)16-29)25(31)22-12-21(11-10-20-8-6-5-7-9-20)13-26-24(22)32-23(17)15-27(4)19(3)30/h5-9,12-13,17-18,23,29H,14-16H2,1-4H3/t17-,18-,23-/m1/s1. The minimum absolute atomic E-state index is 0.0702. The molecular formula is C25H29N3O4. The zero-order chi connectivity index (χ0) is 23.3. The summed E-state index contributed by atoms with van der Waals surface area (Å²) < 4.78 is 6.16. The summed E-state index contributed by atoms with van der Waals surface area (Å²) in [4.78, 5) is 32.8. The maximum atomic E-state index is 13.4. The van der Waals surface area contributed by atoms with Crippen LogP contribution in [-0.2, 0) is 4.79 Å². The van der Waals surface area contributed by atoms with E-state index in [0.717, 1.165) is 5.56 Å². The van der Waals surface area contributed by atoms with Crippen LogP contribution in [0.15, 0.2) is 42.6 Å². The molecule has 7 heteroatoms. The van der Waals surface area contributed by atoms with E-state index in [1.807, 2.05) is 37.3 Å². The molecule has 1 aliphatic heterocycles. The van der Waals surface area contributed by atoms with Gasteiger partial charge in [-0.05, 0) is 25.1 Å². The number of pyridine rings is 1. The Bertz CT molecular complexity index is 1030. The van der Waals surface area contributed by atoms with E-state index in [2.05, 4.69) is 16.8 Å². The summed E-state index contributed by atoms with van der Waals surface area (Å²) >= 11 is 0. The van der Waals surface area contributed by atoms with Crippen LogP contribution in [0.4, 0.5) is 0 Å². The Morgan fingerprint density at radius 1 is 1.31 bits per heavy atom. The van der Waals surface area contributed by atoms with Gasteiger partial charge in [0.15, 0.2) is 0 Å². The lowest BCUT2D eigenvalue weighted by Gasteiger charge is -2.37. The van der Waals surface area contributed by atoms with Crippen LogP contribution in [0.5, 0.6) is 5.88 Å². The number of fused-ring (bicyclic) bond motifs is 1. The summed E-state index contributed by atoms with van der Waals surface area (Å²) in [6.45, 7) is 5.86. The number of nitrogens with zero attached hydrogens (tertiary/aromatic N) is 3. The van der Waals surface area contributed by atoms with Crippen molar-refractivity contribution in [2.75, 3.05) is 26.7 Å². The van der Waals surface area contributed by atoms with Gasteiger partial charge in [0.25, 0.3) is 5.91 Å². The predicted octanol–water partition coefficient (Wildman–Crippen LogP) is 2.18. The third kappa shape index (κ3) is 5.45. The largest absolute Gasteiger partial charge is 0.472 e. The van der Waals surface area contributed by atoms with Crippen LogP contribution in [0.25, 0.3) is 0 Å². The fraction of sp³-hybridized carbons (Fsp3) is 0.400. The van der Waals surface area contributed by atoms with Crippen molar-refractivity contribution in [2.24, 2.45) is 5.92 Å². The zero-order valence-electron chi connectivity index (χ0n) is 18.9. The smallest absolute Gasteiger partial charge is 0.259 e. The second-order valence-electron chi connectivity index (χ2n) is 8.21. The first-order chi connectivity index (χ1) is 15.3.